The van der Waals surface area contributed by atoms with E-state index in [-0.39, 0.29) is 18.1 Å². The number of para-hydroxylation sites is 1. The van der Waals surface area contributed by atoms with Crippen LogP contribution in [0.3, 0.4) is 0 Å². The minimum Gasteiger partial charge on any atom is -0.385 e. The van der Waals surface area contributed by atoms with Crippen LogP contribution in [0.1, 0.15) is 27.9 Å². The lowest BCUT2D eigenvalue weighted by atomic mass is 9.97. The van der Waals surface area contributed by atoms with Gasteiger partial charge in [0.05, 0.1) is 11.5 Å². The van der Waals surface area contributed by atoms with E-state index < -0.39 is 4.92 Å². The summed E-state index contributed by atoms with van der Waals surface area (Å²) in [6, 6.07) is 12.2. The van der Waals surface area contributed by atoms with Crippen molar-refractivity contribution < 1.29 is 9.72 Å². The molecule has 1 heterocycles. The van der Waals surface area contributed by atoms with Gasteiger partial charge in [0, 0.05) is 36.5 Å². The molecule has 0 bridgehead atoms. The highest BCUT2D eigenvalue weighted by molar-refractivity contribution is 5.97. The van der Waals surface area contributed by atoms with Gasteiger partial charge in [0.1, 0.15) is 0 Å². The Morgan fingerprint density at radius 3 is 2.83 bits per heavy atom. The molecule has 1 amide bonds. The molecule has 0 saturated heterocycles. The largest absolute Gasteiger partial charge is 0.385 e. The molecule has 0 spiro atoms. The second-order valence-corrected chi connectivity index (χ2v) is 5.91. The molecule has 2 aromatic carbocycles. The Morgan fingerprint density at radius 1 is 1.25 bits per heavy atom. The summed E-state index contributed by atoms with van der Waals surface area (Å²) in [5.74, 6) is -0.117. The zero-order valence-electron chi connectivity index (χ0n) is 13.5. The molecule has 0 fully saturated rings. The van der Waals surface area contributed by atoms with E-state index in [0.29, 0.717) is 11.1 Å². The van der Waals surface area contributed by atoms with Crippen LogP contribution in [0, 0.1) is 10.1 Å². The normalized spacial score (nSPS) is 12.9. The third-order valence-electron chi connectivity index (χ3n) is 4.27. The van der Waals surface area contributed by atoms with Crippen molar-refractivity contribution in [2.75, 3.05) is 18.9 Å². The van der Waals surface area contributed by atoms with Crippen molar-refractivity contribution in [3.63, 3.8) is 0 Å². The van der Waals surface area contributed by atoms with Gasteiger partial charge >= 0.3 is 0 Å². The molecule has 1 N–H and O–H groups in total. The lowest BCUT2D eigenvalue weighted by molar-refractivity contribution is -0.385. The summed E-state index contributed by atoms with van der Waals surface area (Å²) in [4.78, 5) is 25.1. The lowest BCUT2D eigenvalue weighted by Gasteiger charge is -2.23. The molecule has 2 aromatic rings. The predicted octanol–water partition coefficient (Wildman–Crippen LogP) is 3.23. The second-order valence-electron chi connectivity index (χ2n) is 5.91. The number of nitrogens with one attached hydrogen (secondary N) is 1. The topological polar surface area (TPSA) is 75.5 Å². The molecule has 24 heavy (non-hydrogen) atoms. The minimum atomic E-state index is -0.415. The van der Waals surface area contributed by atoms with Crippen molar-refractivity contribution in [2.24, 2.45) is 0 Å². The standard InChI is InChI=1S/C18H19N3O3/c1-20(12-13-6-2-3-10-17(13)21(23)24)18(22)15-7-4-9-16-14(15)8-5-11-19-16/h2-4,6-7,9-10,19H,5,8,11-12H2,1H3. The fourth-order valence-corrected chi connectivity index (χ4v) is 3.07. The van der Waals surface area contributed by atoms with Gasteiger partial charge in [-0.2, -0.15) is 0 Å². The number of anilines is 1. The highest BCUT2D eigenvalue weighted by Crippen LogP contribution is 2.27. The van der Waals surface area contributed by atoms with Crippen LogP contribution >= 0.6 is 0 Å². The van der Waals surface area contributed by atoms with Crippen molar-refractivity contribution >= 4 is 17.3 Å². The third-order valence-corrected chi connectivity index (χ3v) is 4.27. The van der Waals surface area contributed by atoms with Crippen molar-refractivity contribution in [2.45, 2.75) is 19.4 Å². The predicted molar refractivity (Wildman–Crippen MR) is 92.1 cm³/mol. The van der Waals surface area contributed by atoms with Crippen LogP contribution < -0.4 is 5.32 Å². The van der Waals surface area contributed by atoms with E-state index in [1.165, 1.54) is 11.0 Å². The number of amides is 1. The summed E-state index contributed by atoms with van der Waals surface area (Å²) in [5.41, 5.74) is 3.27. The molecule has 1 aliphatic heterocycles. The van der Waals surface area contributed by atoms with Gasteiger partial charge < -0.3 is 10.2 Å². The van der Waals surface area contributed by atoms with E-state index in [2.05, 4.69) is 5.32 Å². The molecule has 6 nitrogen and oxygen atoms in total. The van der Waals surface area contributed by atoms with E-state index >= 15 is 0 Å². The van der Waals surface area contributed by atoms with Crippen molar-refractivity contribution in [1.29, 1.82) is 0 Å². The molecular formula is C18H19N3O3. The first-order chi connectivity index (χ1) is 11.6. The van der Waals surface area contributed by atoms with Gasteiger partial charge in [-0.05, 0) is 30.5 Å². The fourth-order valence-electron chi connectivity index (χ4n) is 3.07. The van der Waals surface area contributed by atoms with Gasteiger partial charge in [0.15, 0.2) is 0 Å². The Kier molecular flexibility index (Phi) is 4.46. The van der Waals surface area contributed by atoms with Gasteiger partial charge in [-0.1, -0.05) is 24.3 Å². The average Bonchev–Trinajstić information content (AvgIpc) is 2.61. The molecule has 0 unspecified atom stereocenters. The Hall–Kier alpha value is -2.89. The van der Waals surface area contributed by atoms with Gasteiger partial charge in [-0.15, -0.1) is 0 Å². The summed E-state index contributed by atoms with van der Waals surface area (Å²) < 4.78 is 0. The van der Waals surface area contributed by atoms with E-state index in [0.717, 1.165) is 30.6 Å². The van der Waals surface area contributed by atoms with Crippen LogP contribution in [0.5, 0.6) is 0 Å². The van der Waals surface area contributed by atoms with Crippen LogP contribution in [0.4, 0.5) is 11.4 Å². The summed E-state index contributed by atoms with van der Waals surface area (Å²) >= 11 is 0. The minimum absolute atomic E-state index is 0.0360. The third kappa shape index (κ3) is 3.08. The Labute approximate surface area is 140 Å². The number of nitro benzene ring substituents is 1. The number of carbonyl (C=O) groups is 1. The van der Waals surface area contributed by atoms with Crippen LogP contribution in [-0.2, 0) is 13.0 Å². The number of carbonyl (C=O) groups excluding carboxylic acids is 1. The fraction of sp³-hybridized carbons (Fsp3) is 0.278. The summed E-state index contributed by atoms with van der Waals surface area (Å²) in [7, 11) is 1.68. The SMILES string of the molecule is CN(Cc1ccccc1[N+](=O)[O-])C(=O)c1cccc2c1CCCN2. The van der Waals surface area contributed by atoms with E-state index in [9.17, 15) is 14.9 Å². The second kappa shape index (κ2) is 6.70. The monoisotopic (exact) mass is 325 g/mol. The van der Waals surface area contributed by atoms with Gasteiger partial charge in [-0.3, -0.25) is 14.9 Å². The van der Waals surface area contributed by atoms with Crippen LogP contribution in [0.2, 0.25) is 0 Å². The van der Waals surface area contributed by atoms with E-state index in [4.69, 9.17) is 0 Å². The highest BCUT2D eigenvalue weighted by atomic mass is 16.6. The Morgan fingerprint density at radius 2 is 2.04 bits per heavy atom. The quantitative estimate of drug-likeness (QED) is 0.692. The van der Waals surface area contributed by atoms with Crippen molar-refractivity contribution in [1.82, 2.24) is 4.90 Å². The van der Waals surface area contributed by atoms with Crippen LogP contribution in [-0.4, -0.2) is 29.3 Å². The van der Waals surface area contributed by atoms with Crippen LogP contribution in [0.25, 0.3) is 0 Å². The lowest BCUT2D eigenvalue weighted by Crippen LogP contribution is -2.28. The molecule has 124 valence electrons. The van der Waals surface area contributed by atoms with Gasteiger partial charge in [-0.25, -0.2) is 0 Å². The molecular weight excluding hydrogens is 306 g/mol. The maximum absolute atomic E-state index is 12.8. The first kappa shape index (κ1) is 16.0. The summed E-state index contributed by atoms with van der Waals surface area (Å²) in [5, 5.41) is 14.4. The molecule has 0 aromatic heterocycles. The van der Waals surface area contributed by atoms with Crippen molar-refractivity contribution in [3.8, 4) is 0 Å². The first-order valence-electron chi connectivity index (χ1n) is 7.91. The van der Waals surface area contributed by atoms with E-state index in [1.54, 1.807) is 25.2 Å². The number of fused-ring (bicyclic) bond motifs is 1. The first-order valence-corrected chi connectivity index (χ1v) is 7.91. The number of nitrogens with zero attached hydrogens (tertiary/aromatic N) is 2. The van der Waals surface area contributed by atoms with Crippen molar-refractivity contribution in [3.05, 3.63) is 69.3 Å². The zero-order valence-corrected chi connectivity index (χ0v) is 13.5. The maximum Gasteiger partial charge on any atom is 0.274 e. The number of rotatable bonds is 4. The van der Waals surface area contributed by atoms with Gasteiger partial charge in [0.25, 0.3) is 11.6 Å². The number of nitro groups is 1. The maximum atomic E-state index is 12.8. The molecule has 6 heteroatoms. The zero-order chi connectivity index (χ0) is 17.1. The smallest absolute Gasteiger partial charge is 0.274 e. The number of hydrogen-bond donors (Lipinski definition) is 1. The summed E-state index contributed by atoms with van der Waals surface area (Å²) in [6.45, 7) is 1.11. The molecule has 0 radical (unpaired) electrons. The highest BCUT2D eigenvalue weighted by Gasteiger charge is 2.22. The molecule has 0 saturated carbocycles. The Bertz CT molecular complexity index is 789. The average molecular weight is 325 g/mol. The molecule has 1 aliphatic rings. The van der Waals surface area contributed by atoms with Crippen LogP contribution in [0.15, 0.2) is 42.5 Å². The molecule has 0 aliphatic carbocycles. The van der Waals surface area contributed by atoms with E-state index in [1.807, 2.05) is 18.2 Å². The van der Waals surface area contributed by atoms with Gasteiger partial charge in [0.2, 0.25) is 0 Å². The Balaban J connectivity index is 1.85. The number of benzene rings is 2. The summed E-state index contributed by atoms with van der Waals surface area (Å²) in [6.07, 6.45) is 1.86. The molecule has 3 rings (SSSR count). The molecule has 0 atom stereocenters. The number of hydrogen-bond acceptors (Lipinski definition) is 4.